The van der Waals surface area contributed by atoms with Crippen molar-refractivity contribution in [1.29, 1.82) is 0 Å². The van der Waals surface area contributed by atoms with Crippen molar-refractivity contribution in [1.82, 2.24) is 10.3 Å². The van der Waals surface area contributed by atoms with Crippen LogP contribution in [-0.4, -0.2) is 11.0 Å². The quantitative estimate of drug-likeness (QED) is 0.821. The van der Waals surface area contributed by atoms with E-state index in [4.69, 9.17) is 4.74 Å². The van der Waals surface area contributed by atoms with E-state index in [2.05, 4.69) is 53.1 Å². The largest absolute Gasteiger partial charge is 0.439 e. The average Bonchev–Trinajstić information content (AvgIpc) is 2.45. The van der Waals surface area contributed by atoms with E-state index in [1.807, 2.05) is 30.3 Å². The Balaban J connectivity index is 2.19. The van der Waals surface area contributed by atoms with Crippen molar-refractivity contribution < 1.29 is 4.74 Å². The minimum Gasteiger partial charge on any atom is -0.439 e. The highest BCUT2D eigenvalue weighted by Crippen LogP contribution is 2.24. The molecule has 3 nitrogen and oxygen atoms in total. The maximum absolute atomic E-state index is 5.88. The molecule has 2 aromatic rings. The van der Waals surface area contributed by atoms with E-state index < -0.39 is 0 Å². The molecule has 0 unspecified atom stereocenters. The molecule has 0 radical (unpaired) electrons. The number of hydrogen-bond donors (Lipinski definition) is 1. The SMILES string of the molecule is CCc1cc(CNC(C)C)cc(Oc2cccc(Br)c2)n1. The molecule has 0 fully saturated rings. The molecule has 0 saturated heterocycles. The van der Waals surface area contributed by atoms with Crippen LogP contribution in [0.25, 0.3) is 0 Å². The minimum absolute atomic E-state index is 0.456. The van der Waals surface area contributed by atoms with Gasteiger partial charge in [0, 0.05) is 28.8 Å². The number of nitrogens with one attached hydrogen (secondary N) is 1. The smallest absolute Gasteiger partial charge is 0.219 e. The number of rotatable bonds is 6. The lowest BCUT2D eigenvalue weighted by molar-refractivity contribution is 0.458. The molecular weight excluding hydrogens is 328 g/mol. The highest BCUT2D eigenvalue weighted by atomic mass is 79.9. The Labute approximate surface area is 134 Å². The summed E-state index contributed by atoms with van der Waals surface area (Å²) in [5.74, 6) is 1.43. The molecular formula is C17H21BrN2O. The van der Waals surface area contributed by atoms with Crippen LogP contribution in [0, 0.1) is 0 Å². The molecule has 0 aliphatic rings. The van der Waals surface area contributed by atoms with Crippen LogP contribution in [0.1, 0.15) is 32.0 Å². The summed E-state index contributed by atoms with van der Waals surface area (Å²) < 4.78 is 6.87. The van der Waals surface area contributed by atoms with Gasteiger partial charge in [0.1, 0.15) is 5.75 Å². The molecule has 4 heteroatoms. The summed E-state index contributed by atoms with van der Waals surface area (Å²) in [5.41, 5.74) is 2.24. The van der Waals surface area contributed by atoms with Gasteiger partial charge in [-0.15, -0.1) is 0 Å². The van der Waals surface area contributed by atoms with Crippen LogP contribution in [0.3, 0.4) is 0 Å². The van der Waals surface area contributed by atoms with Crippen LogP contribution >= 0.6 is 15.9 Å². The zero-order chi connectivity index (χ0) is 15.2. The lowest BCUT2D eigenvalue weighted by atomic mass is 10.2. The Bertz CT molecular complexity index is 599. The molecule has 0 aliphatic heterocycles. The number of aromatic nitrogens is 1. The third-order valence-corrected chi connectivity index (χ3v) is 3.50. The number of hydrogen-bond acceptors (Lipinski definition) is 3. The van der Waals surface area contributed by atoms with Crippen molar-refractivity contribution in [2.45, 2.75) is 39.8 Å². The standard InChI is InChI=1S/C17H21BrN2O/c1-4-15-8-13(11-19-12(2)3)9-17(20-15)21-16-7-5-6-14(18)10-16/h5-10,12,19H,4,11H2,1-3H3. The number of pyridine rings is 1. The van der Waals surface area contributed by atoms with Crippen LogP contribution in [0.2, 0.25) is 0 Å². The molecule has 2 rings (SSSR count). The number of benzene rings is 1. The summed E-state index contributed by atoms with van der Waals surface area (Å²) in [6.07, 6.45) is 0.893. The Morgan fingerprint density at radius 1 is 1.24 bits per heavy atom. The summed E-state index contributed by atoms with van der Waals surface area (Å²) in [5, 5.41) is 3.42. The van der Waals surface area contributed by atoms with Crippen LogP contribution in [0.4, 0.5) is 0 Å². The molecule has 1 aromatic heterocycles. The van der Waals surface area contributed by atoms with Gasteiger partial charge in [0.25, 0.3) is 0 Å². The fourth-order valence-corrected chi connectivity index (χ4v) is 2.31. The van der Waals surface area contributed by atoms with Gasteiger partial charge in [0.2, 0.25) is 5.88 Å². The fourth-order valence-electron chi connectivity index (χ4n) is 1.93. The summed E-state index contributed by atoms with van der Waals surface area (Å²) in [7, 11) is 0. The summed E-state index contributed by atoms with van der Waals surface area (Å²) in [6, 6.07) is 12.4. The second-order valence-corrected chi connectivity index (χ2v) is 6.17. The lowest BCUT2D eigenvalue weighted by Crippen LogP contribution is -2.22. The Hall–Kier alpha value is -1.39. The number of nitrogens with zero attached hydrogens (tertiary/aromatic N) is 1. The highest BCUT2D eigenvalue weighted by molar-refractivity contribution is 9.10. The predicted octanol–water partition coefficient (Wildman–Crippen LogP) is 4.70. The first kappa shape index (κ1) is 16.0. The maximum Gasteiger partial charge on any atom is 0.219 e. The van der Waals surface area contributed by atoms with Gasteiger partial charge in [0.15, 0.2) is 0 Å². The summed E-state index contributed by atoms with van der Waals surface area (Å²) in [6.45, 7) is 7.20. The predicted molar refractivity (Wildman–Crippen MR) is 89.8 cm³/mol. The van der Waals surface area contributed by atoms with Gasteiger partial charge in [-0.2, -0.15) is 0 Å². The van der Waals surface area contributed by atoms with Crippen LogP contribution in [0.5, 0.6) is 11.6 Å². The van der Waals surface area contributed by atoms with E-state index in [1.54, 1.807) is 0 Å². The molecule has 0 atom stereocenters. The molecule has 0 amide bonds. The van der Waals surface area contributed by atoms with E-state index >= 15 is 0 Å². The van der Waals surface area contributed by atoms with Crippen molar-refractivity contribution in [2.75, 3.05) is 0 Å². The average molecular weight is 349 g/mol. The molecule has 1 aromatic carbocycles. The number of halogens is 1. The fraction of sp³-hybridized carbons (Fsp3) is 0.353. The second-order valence-electron chi connectivity index (χ2n) is 5.25. The Kier molecular flexibility index (Phi) is 5.76. The summed E-state index contributed by atoms with van der Waals surface area (Å²) >= 11 is 3.45. The third kappa shape index (κ3) is 5.14. The van der Waals surface area contributed by atoms with Crippen molar-refractivity contribution in [3.63, 3.8) is 0 Å². The van der Waals surface area contributed by atoms with Crippen molar-refractivity contribution in [3.8, 4) is 11.6 Å². The van der Waals surface area contributed by atoms with E-state index in [-0.39, 0.29) is 0 Å². The van der Waals surface area contributed by atoms with E-state index in [0.29, 0.717) is 11.9 Å². The van der Waals surface area contributed by atoms with Crippen LogP contribution in [0.15, 0.2) is 40.9 Å². The van der Waals surface area contributed by atoms with Crippen molar-refractivity contribution >= 4 is 15.9 Å². The first-order valence-electron chi connectivity index (χ1n) is 7.23. The number of aryl methyl sites for hydroxylation is 1. The zero-order valence-corrected chi connectivity index (χ0v) is 14.3. The van der Waals surface area contributed by atoms with Gasteiger partial charge in [-0.25, -0.2) is 4.98 Å². The maximum atomic E-state index is 5.88. The van der Waals surface area contributed by atoms with E-state index in [9.17, 15) is 0 Å². The van der Waals surface area contributed by atoms with Crippen LogP contribution < -0.4 is 10.1 Å². The molecule has 1 N–H and O–H groups in total. The molecule has 112 valence electrons. The van der Waals surface area contributed by atoms with E-state index in [0.717, 1.165) is 28.9 Å². The summed E-state index contributed by atoms with van der Waals surface area (Å²) in [4.78, 5) is 4.54. The van der Waals surface area contributed by atoms with Crippen molar-refractivity contribution in [3.05, 3.63) is 52.1 Å². The minimum atomic E-state index is 0.456. The van der Waals surface area contributed by atoms with Gasteiger partial charge in [-0.3, -0.25) is 0 Å². The third-order valence-electron chi connectivity index (χ3n) is 3.01. The lowest BCUT2D eigenvalue weighted by Gasteiger charge is -2.12. The monoisotopic (exact) mass is 348 g/mol. The van der Waals surface area contributed by atoms with Gasteiger partial charge < -0.3 is 10.1 Å². The molecule has 0 bridgehead atoms. The Morgan fingerprint density at radius 3 is 2.71 bits per heavy atom. The van der Waals surface area contributed by atoms with Crippen LogP contribution in [-0.2, 0) is 13.0 Å². The Morgan fingerprint density at radius 2 is 2.05 bits per heavy atom. The normalized spacial score (nSPS) is 10.9. The van der Waals surface area contributed by atoms with Crippen molar-refractivity contribution in [2.24, 2.45) is 0 Å². The second kappa shape index (κ2) is 7.57. The molecule has 0 spiro atoms. The van der Waals surface area contributed by atoms with Gasteiger partial charge >= 0.3 is 0 Å². The number of ether oxygens (including phenoxy) is 1. The first-order valence-corrected chi connectivity index (χ1v) is 8.02. The zero-order valence-electron chi connectivity index (χ0n) is 12.7. The van der Waals surface area contributed by atoms with E-state index in [1.165, 1.54) is 5.56 Å². The first-order chi connectivity index (χ1) is 10.1. The highest BCUT2D eigenvalue weighted by Gasteiger charge is 2.05. The van der Waals surface area contributed by atoms with Gasteiger partial charge in [-0.1, -0.05) is 42.8 Å². The molecule has 1 heterocycles. The molecule has 21 heavy (non-hydrogen) atoms. The molecule has 0 aliphatic carbocycles. The van der Waals surface area contributed by atoms with Gasteiger partial charge in [0.05, 0.1) is 0 Å². The van der Waals surface area contributed by atoms with Gasteiger partial charge in [-0.05, 0) is 36.2 Å². The molecule has 0 saturated carbocycles. The topological polar surface area (TPSA) is 34.1 Å².